The van der Waals surface area contributed by atoms with Crippen LogP contribution < -0.4 is 0 Å². The first-order valence-corrected chi connectivity index (χ1v) is 12.7. The highest BCUT2D eigenvalue weighted by Crippen LogP contribution is 2.59. The molecule has 35 heavy (non-hydrogen) atoms. The average molecular weight is 493 g/mol. The number of hydrogen-bond acceptors (Lipinski definition) is 4. The minimum atomic E-state index is -2.71. The quantitative estimate of drug-likeness (QED) is 0.527. The Hall–Kier alpha value is -2.32. The third kappa shape index (κ3) is 4.40. The molecule has 3 aliphatic rings. The molecule has 6 nitrogen and oxygen atoms in total. The Balaban J connectivity index is 1.45. The van der Waals surface area contributed by atoms with Crippen molar-refractivity contribution in [2.24, 2.45) is 11.8 Å². The van der Waals surface area contributed by atoms with Crippen molar-refractivity contribution in [3.05, 3.63) is 29.0 Å². The number of carbonyl (C=O) groups excluding carboxylic acids is 1. The van der Waals surface area contributed by atoms with Crippen LogP contribution in [0, 0.1) is 24.6 Å². The molecule has 0 aromatic carbocycles. The van der Waals surface area contributed by atoms with E-state index in [-0.39, 0.29) is 23.1 Å². The van der Waals surface area contributed by atoms with Gasteiger partial charge in [0.1, 0.15) is 11.3 Å². The number of piperidine rings is 1. The zero-order valence-corrected chi connectivity index (χ0v) is 21.2. The highest BCUT2D eigenvalue weighted by molar-refractivity contribution is 5.69. The highest BCUT2D eigenvalue weighted by Gasteiger charge is 2.60. The van der Waals surface area contributed by atoms with E-state index in [4.69, 9.17) is 9.84 Å². The fourth-order valence-electron chi connectivity index (χ4n) is 6.18. The Labute approximate surface area is 204 Å². The van der Waals surface area contributed by atoms with Gasteiger partial charge in [-0.15, -0.1) is 0 Å². The van der Waals surface area contributed by atoms with Crippen LogP contribution in [0.2, 0.25) is 0 Å². The number of fused-ring (bicyclic) bond motifs is 2. The summed E-state index contributed by atoms with van der Waals surface area (Å²) in [5.74, 6) is -3.63. The summed E-state index contributed by atoms with van der Waals surface area (Å²) in [6.07, 6.45) is 3.12. The van der Waals surface area contributed by atoms with Crippen LogP contribution in [0.3, 0.4) is 0 Å². The lowest BCUT2D eigenvalue weighted by atomic mass is 9.78. The van der Waals surface area contributed by atoms with Crippen molar-refractivity contribution in [1.29, 1.82) is 0 Å². The van der Waals surface area contributed by atoms with Gasteiger partial charge in [-0.1, -0.05) is 0 Å². The van der Waals surface area contributed by atoms with Gasteiger partial charge in [-0.3, -0.25) is 0 Å². The molecule has 2 aliphatic carbocycles. The highest BCUT2D eigenvalue weighted by atomic mass is 19.3. The lowest BCUT2D eigenvalue weighted by molar-refractivity contribution is -0.0548. The Bertz CT molecular complexity index is 1140. The monoisotopic (exact) mass is 492 g/mol. The smallest absolute Gasteiger partial charge is 0.410 e. The van der Waals surface area contributed by atoms with Gasteiger partial charge in [0.2, 0.25) is 5.92 Å². The first kappa shape index (κ1) is 24.4. The molecule has 2 aromatic rings. The van der Waals surface area contributed by atoms with E-state index in [1.54, 1.807) is 9.42 Å². The summed E-state index contributed by atoms with van der Waals surface area (Å²) in [5.41, 5.74) is 1.20. The van der Waals surface area contributed by atoms with Crippen LogP contribution in [0.5, 0.6) is 0 Å². The van der Waals surface area contributed by atoms with Crippen LogP contribution in [0.1, 0.15) is 89.2 Å². The van der Waals surface area contributed by atoms with Gasteiger partial charge >= 0.3 is 6.09 Å². The Kier molecular flexibility index (Phi) is 5.64. The van der Waals surface area contributed by atoms with E-state index < -0.39 is 23.3 Å². The molecule has 0 spiro atoms. The maximum absolute atomic E-state index is 15.6. The molecule has 3 heterocycles. The van der Waals surface area contributed by atoms with Crippen molar-refractivity contribution in [3.63, 3.8) is 0 Å². The zero-order valence-electron chi connectivity index (χ0n) is 21.2. The van der Waals surface area contributed by atoms with E-state index in [1.807, 2.05) is 33.8 Å². The van der Waals surface area contributed by atoms with E-state index in [0.717, 1.165) is 25.5 Å². The second-order valence-electron chi connectivity index (χ2n) is 12.0. The van der Waals surface area contributed by atoms with E-state index in [9.17, 15) is 13.6 Å². The summed E-state index contributed by atoms with van der Waals surface area (Å²) in [6.45, 7) is 9.50. The molecule has 2 saturated carbocycles. The maximum Gasteiger partial charge on any atom is 0.410 e. The Morgan fingerprint density at radius 1 is 1.14 bits per heavy atom. The first-order valence-electron chi connectivity index (χ1n) is 12.7. The van der Waals surface area contributed by atoms with Crippen molar-refractivity contribution in [1.82, 2.24) is 19.5 Å². The summed E-state index contributed by atoms with van der Waals surface area (Å²) < 4.78 is 50.4. The van der Waals surface area contributed by atoms with Gasteiger partial charge in [0.25, 0.3) is 0 Å². The van der Waals surface area contributed by atoms with Gasteiger partial charge in [0, 0.05) is 36.0 Å². The standard InChI is InChI=1S/C26H35F3N4O2/c1-15-12-19(26-13-18(26)10-11-32(14-26)23(34)35-24(2,3)4)33-22(30-15)20(27)21(31-33)16-6-8-17(9-7-16)25(5,28)29/h12,16-18H,6-11,13-14H2,1-5H3. The third-order valence-electron chi connectivity index (χ3n) is 8.13. The SMILES string of the molecule is Cc1cc(C23CC2CCN(C(=O)OC(C)(C)C)C3)n2nc(C3CCC(C(C)(F)F)CC3)c(F)c2n1. The van der Waals surface area contributed by atoms with Crippen molar-refractivity contribution in [2.45, 2.75) is 96.0 Å². The second kappa shape index (κ2) is 8.10. The van der Waals surface area contributed by atoms with Crippen molar-refractivity contribution >= 4 is 11.7 Å². The topological polar surface area (TPSA) is 59.7 Å². The normalized spacial score (nSPS) is 29.3. The largest absolute Gasteiger partial charge is 0.444 e. The number of carbonyl (C=O) groups is 1. The number of hydrogen-bond donors (Lipinski definition) is 0. The summed E-state index contributed by atoms with van der Waals surface area (Å²) in [4.78, 5) is 19.0. The van der Waals surface area contributed by atoms with E-state index in [0.29, 0.717) is 56.1 Å². The molecule has 0 bridgehead atoms. The number of rotatable bonds is 3. The first-order chi connectivity index (χ1) is 16.3. The van der Waals surface area contributed by atoms with Gasteiger partial charge in [-0.05, 0) is 85.1 Å². The van der Waals surface area contributed by atoms with Crippen LogP contribution in [0.4, 0.5) is 18.0 Å². The summed E-state index contributed by atoms with van der Waals surface area (Å²) in [5, 5.41) is 4.70. The molecule has 192 valence electrons. The number of alkyl halides is 2. The minimum absolute atomic E-state index is 0.187. The average Bonchev–Trinajstić information content (AvgIpc) is 3.42. The summed E-state index contributed by atoms with van der Waals surface area (Å²) in [6, 6.07) is 1.95. The van der Waals surface area contributed by atoms with E-state index in [2.05, 4.69) is 4.98 Å². The fraction of sp³-hybridized carbons (Fsp3) is 0.731. The molecule has 2 aromatic heterocycles. The molecular weight excluding hydrogens is 457 g/mol. The van der Waals surface area contributed by atoms with Crippen LogP contribution in [-0.4, -0.2) is 50.2 Å². The predicted molar refractivity (Wildman–Crippen MR) is 125 cm³/mol. The molecule has 2 unspecified atom stereocenters. The molecule has 0 N–H and O–H groups in total. The van der Waals surface area contributed by atoms with Gasteiger partial charge in [-0.25, -0.2) is 27.5 Å². The molecule has 5 rings (SSSR count). The summed E-state index contributed by atoms with van der Waals surface area (Å²) >= 11 is 0. The molecule has 2 atom stereocenters. The van der Waals surface area contributed by atoms with Crippen LogP contribution in [0.15, 0.2) is 6.07 Å². The molecule has 0 radical (unpaired) electrons. The molecule has 1 saturated heterocycles. The third-order valence-corrected chi connectivity index (χ3v) is 8.13. The van der Waals surface area contributed by atoms with Gasteiger partial charge in [0.05, 0.1) is 5.69 Å². The van der Waals surface area contributed by atoms with Crippen LogP contribution in [-0.2, 0) is 10.2 Å². The second-order valence-corrected chi connectivity index (χ2v) is 12.0. The van der Waals surface area contributed by atoms with Crippen molar-refractivity contribution < 1.29 is 22.7 Å². The molecular formula is C26H35F3N4O2. The fourth-order valence-corrected chi connectivity index (χ4v) is 6.18. The lowest BCUT2D eigenvalue weighted by Gasteiger charge is -2.34. The number of likely N-dealkylation sites (tertiary alicyclic amines) is 1. The molecule has 1 amide bonds. The number of nitrogens with zero attached hydrogens (tertiary/aromatic N) is 4. The number of amides is 1. The van der Waals surface area contributed by atoms with Crippen LogP contribution >= 0.6 is 0 Å². The lowest BCUT2D eigenvalue weighted by Crippen LogP contribution is -2.45. The zero-order chi connectivity index (χ0) is 25.3. The number of aryl methyl sites for hydroxylation is 1. The van der Waals surface area contributed by atoms with Gasteiger partial charge in [-0.2, -0.15) is 5.10 Å². The van der Waals surface area contributed by atoms with Crippen LogP contribution in [0.25, 0.3) is 5.65 Å². The van der Waals surface area contributed by atoms with E-state index >= 15 is 4.39 Å². The predicted octanol–water partition coefficient (Wildman–Crippen LogP) is 6.00. The number of aromatic nitrogens is 3. The Morgan fingerprint density at radius 3 is 2.46 bits per heavy atom. The van der Waals surface area contributed by atoms with Crippen molar-refractivity contribution in [2.75, 3.05) is 13.1 Å². The molecule has 1 aliphatic heterocycles. The number of halogens is 3. The maximum atomic E-state index is 15.6. The van der Waals surface area contributed by atoms with Crippen molar-refractivity contribution in [3.8, 4) is 0 Å². The summed E-state index contributed by atoms with van der Waals surface area (Å²) in [7, 11) is 0. The van der Waals surface area contributed by atoms with Gasteiger partial charge in [0.15, 0.2) is 11.5 Å². The Morgan fingerprint density at radius 2 is 1.83 bits per heavy atom. The minimum Gasteiger partial charge on any atom is -0.444 e. The van der Waals surface area contributed by atoms with Gasteiger partial charge < -0.3 is 9.64 Å². The molecule has 3 fully saturated rings. The van der Waals surface area contributed by atoms with E-state index in [1.165, 1.54) is 0 Å². The molecule has 9 heteroatoms. The number of ether oxygens (including phenoxy) is 1.